The van der Waals surface area contributed by atoms with E-state index in [4.69, 9.17) is 4.74 Å². The number of rotatable bonds is 7. The van der Waals surface area contributed by atoms with Crippen LogP contribution in [0.15, 0.2) is 59.4 Å². The number of aromatic amines is 1. The summed E-state index contributed by atoms with van der Waals surface area (Å²) >= 11 is 0. The Balaban J connectivity index is 1.56. The largest absolute Gasteiger partial charge is 0.496 e. The van der Waals surface area contributed by atoms with E-state index in [1.54, 1.807) is 19.2 Å². The number of ether oxygens (including phenoxy) is 1. The highest BCUT2D eigenvalue weighted by molar-refractivity contribution is 5.96. The Morgan fingerprint density at radius 2 is 1.79 bits per heavy atom. The van der Waals surface area contributed by atoms with Crippen LogP contribution in [0.25, 0.3) is 0 Å². The lowest BCUT2D eigenvalue weighted by atomic mass is 9.68. The molecule has 1 aliphatic carbocycles. The predicted molar refractivity (Wildman–Crippen MR) is 132 cm³/mol. The molecule has 1 aliphatic rings. The van der Waals surface area contributed by atoms with E-state index in [0.717, 1.165) is 25.7 Å². The summed E-state index contributed by atoms with van der Waals surface area (Å²) in [6.07, 6.45) is 3.01. The number of para-hydroxylation sites is 1. The molecule has 1 aromatic heterocycles. The number of aromatic hydroxyl groups is 1. The minimum absolute atomic E-state index is 0.0335. The zero-order valence-corrected chi connectivity index (χ0v) is 20.0. The highest BCUT2D eigenvalue weighted by Gasteiger charge is 2.39. The molecule has 7 nitrogen and oxygen atoms in total. The van der Waals surface area contributed by atoms with Gasteiger partial charge >= 0.3 is 5.69 Å². The maximum Gasteiger partial charge on any atom is 0.328 e. The minimum Gasteiger partial charge on any atom is -0.496 e. The molecule has 2 aromatic carbocycles. The maximum absolute atomic E-state index is 13.0. The van der Waals surface area contributed by atoms with E-state index in [1.165, 1.54) is 10.1 Å². The van der Waals surface area contributed by atoms with Gasteiger partial charge in [0.05, 0.1) is 18.4 Å². The van der Waals surface area contributed by atoms with Crippen LogP contribution in [-0.2, 0) is 5.41 Å². The summed E-state index contributed by atoms with van der Waals surface area (Å²) in [6.45, 7) is 4.37. The summed E-state index contributed by atoms with van der Waals surface area (Å²) in [5.41, 5.74) is 1.73. The summed E-state index contributed by atoms with van der Waals surface area (Å²) in [7, 11) is 1.56. The van der Waals surface area contributed by atoms with E-state index >= 15 is 0 Å². The number of amides is 1. The smallest absolute Gasteiger partial charge is 0.328 e. The Morgan fingerprint density at radius 3 is 2.41 bits per heavy atom. The van der Waals surface area contributed by atoms with Crippen molar-refractivity contribution in [2.24, 2.45) is 0 Å². The second kappa shape index (κ2) is 9.79. The van der Waals surface area contributed by atoms with Crippen molar-refractivity contribution in [1.82, 2.24) is 14.9 Å². The SMILES string of the molecule is COc1ccccc1C(=O)NCC1(c2ccccc2)CCC(n2c(O)c(C(C)C)[nH]c2=O)CC1. The fraction of sp³-hybridized carbons (Fsp3) is 0.407. The van der Waals surface area contributed by atoms with Crippen LogP contribution in [-0.4, -0.2) is 34.2 Å². The lowest BCUT2D eigenvalue weighted by Gasteiger charge is -2.41. The fourth-order valence-corrected chi connectivity index (χ4v) is 5.15. The van der Waals surface area contributed by atoms with Crippen LogP contribution in [0.2, 0.25) is 0 Å². The van der Waals surface area contributed by atoms with Gasteiger partial charge in [-0.25, -0.2) is 4.79 Å². The first-order valence-corrected chi connectivity index (χ1v) is 11.9. The second-order valence-electron chi connectivity index (χ2n) is 9.45. The third-order valence-corrected chi connectivity index (χ3v) is 7.11. The Bertz CT molecular complexity index is 1190. The van der Waals surface area contributed by atoms with E-state index in [-0.39, 0.29) is 34.9 Å². The number of methoxy groups -OCH3 is 1. The lowest BCUT2D eigenvalue weighted by molar-refractivity contribution is 0.0929. The van der Waals surface area contributed by atoms with Gasteiger partial charge in [0.1, 0.15) is 5.75 Å². The second-order valence-corrected chi connectivity index (χ2v) is 9.45. The number of hydrogen-bond acceptors (Lipinski definition) is 4. The van der Waals surface area contributed by atoms with Crippen LogP contribution >= 0.6 is 0 Å². The molecule has 34 heavy (non-hydrogen) atoms. The van der Waals surface area contributed by atoms with Gasteiger partial charge in [-0.05, 0) is 49.3 Å². The number of nitrogens with one attached hydrogen (secondary N) is 2. The molecule has 0 radical (unpaired) electrons. The Kier molecular flexibility index (Phi) is 6.82. The molecule has 0 aliphatic heterocycles. The van der Waals surface area contributed by atoms with Gasteiger partial charge in [-0.2, -0.15) is 0 Å². The molecular weight excluding hydrogens is 430 g/mol. The third-order valence-electron chi connectivity index (χ3n) is 7.11. The van der Waals surface area contributed by atoms with Crippen molar-refractivity contribution in [1.29, 1.82) is 0 Å². The van der Waals surface area contributed by atoms with E-state index < -0.39 is 0 Å². The van der Waals surface area contributed by atoms with Gasteiger partial charge in [-0.3, -0.25) is 9.36 Å². The molecule has 4 rings (SSSR count). The molecule has 1 saturated carbocycles. The van der Waals surface area contributed by atoms with Gasteiger partial charge in [0.2, 0.25) is 5.88 Å². The Labute approximate surface area is 199 Å². The van der Waals surface area contributed by atoms with Crippen molar-refractivity contribution in [2.75, 3.05) is 13.7 Å². The van der Waals surface area contributed by atoms with Crippen molar-refractivity contribution >= 4 is 5.91 Å². The number of carbonyl (C=O) groups excluding carboxylic acids is 1. The summed E-state index contributed by atoms with van der Waals surface area (Å²) in [5, 5.41) is 13.8. The van der Waals surface area contributed by atoms with Gasteiger partial charge in [-0.1, -0.05) is 56.3 Å². The van der Waals surface area contributed by atoms with Crippen LogP contribution in [0.4, 0.5) is 0 Å². The van der Waals surface area contributed by atoms with Crippen LogP contribution in [0.1, 0.15) is 73.1 Å². The first-order valence-electron chi connectivity index (χ1n) is 11.9. The van der Waals surface area contributed by atoms with Gasteiger partial charge in [-0.15, -0.1) is 0 Å². The number of nitrogens with zero attached hydrogens (tertiary/aromatic N) is 1. The summed E-state index contributed by atoms with van der Waals surface area (Å²) in [4.78, 5) is 28.4. The van der Waals surface area contributed by atoms with E-state index in [0.29, 0.717) is 23.6 Å². The number of benzene rings is 2. The van der Waals surface area contributed by atoms with Gasteiger partial charge in [0, 0.05) is 18.0 Å². The molecule has 0 atom stereocenters. The molecule has 3 aromatic rings. The predicted octanol–water partition coefficient (Wildman–Crippen LogP) is 4.50. The molecule has 0 bridgehead atoms. The molecule has 0 saturated heterocycles. The fourth-order valence-electron chi connectivity index (χ4n) is 5.15. The zero-order chi connectivity index (χ0) is 24.3. The molecule has 1 amide bonds. The first-order chi connectivity index (χ1) is 16.4. The van der Waals surface area contributed by atoms with E-state index in [2.05, 4.69) is 22.4 Å². The third kappa shape index (κ3) is 4.47. The molecule has 1 heterocycles. The number of H-pyrrole nitrogens is 1. The quantitative estimate of drug-likeness (QED) is 0.481. The average molecular weight is 464 g/mol. The molecule has 0 spiro atoms. The number of carbonyl (C=O) groups is 1. The van der Waals surface area contributed by atoms with E-state index in [1.807, 2.05) is 44.2 Å². The molecular formula is C27H33N3O4. The highest BCUT2D eigenvalue weighted by Crippen LogP contribution is 2.44. The Hall–Kier alpha value is -3.48. The molecule has 180 valence electrons. The Morgan fingerprint density at radius 1 is 1.15 bits per heavy atom. The van der Waals surface area contributed by atoms with Crippen LogP contribution in [0.5, 0.6) is 11.6 Å². The van der Waals surface area contributed by atoms with Crippen LogP contribution in [0.3, 0.4) is 0 Å². The summed E-state index contributed by atoms with van der Waals surface area (Å²) in [5.74, 6) is 0.449. The lowest BCUT2D eigenvalue weighted by Crippen LogP contribution is -2.44. The molecule has 7 heteroatoms. The summed E-state index contributed by atoms with van der Waals surface area (Å²) < 4.78 is 6.86. The monoisotopic (exact) mass is 463 g/mol. The molecule has 3 N–H and O–H groups in total. The van der Waals surface area contributed by atoms with Crippen molar-refractivity contribution in [2.45, 2.75) is 56.9 Å². The van der Waals surface area contributed by atoms with Crippen molar-refractivity contribution < 1.29 is 14.6 Å². The van der Waals surface area contributed by atoms with Crippen molar-refractivity contribution in [3.8, 4) is 11.6 Å². The normalized spacial score (nSPS) is 20.3. The summed E-state index contributed by atoms with van der Waals surface area (Å²) in [6, 6.07) is 17.3. The number of hydrogen-bond donors (Lipinski definition) is 3. The minimum atomic E-state index is -0.261. The number of imidazole rings is 1. The van der Waals surface area contributed by atoms with Gasteiger partial charge in [0.15, 0.2) is 0 Å². The van der Waals surface area contributed by atoms with E-state index in [9.17, 15) is 14.7 Å². The van der Waals surface area contributed by atoms with Crippen LogP contribution < -0.4 is 15.7 Å². The molecule has 0 unspecified atom stereocenters. The van der Waals surface area contributed by atoms with Gasteiger partial charge < -0.3 is 20.1 Å². The maximum atomic E-state index is 13.0. The number of aromatic nitrogens is 2. The first kappa shape index (κ1) is 23.7. The average Bonchev–Trinajstić information content (AvgIpc) is 3.17. The van der Waals surface area contributed by atoms with Crippen molar-refractivity contribution in [3.63, 3.8) is 0 Å². The van der Waals surface area contributed by atoms with Crippen LogP contribution in [0, 0.1) is 0 Å². The zero-order valence-electron chi connectivity index (χ0n) is 20.0. The topological polar surface area (TPSA) is 96.3 Å². The van der Waals surface area contributed by atoms with Crippen molar-refractivity contribution in [3.05, 3.63) is 81.9 Å². The highest BCUT2D eigenvalue weighted by atomic mass is 16.5. The molecule has 1 fully saturated rings. The standard InChI is InChI=1S/C27H33N3O4/c1-18(2)23-25(32)30(26(33)29-23)20-13-15-27(16-14-20,19-9-5-4-6-10-19)17-28-24(31)21-11-7-8-12-22(21)34-3/h4-12,18,20,32H,13-17H2,1-3H3,(H,28,31)(H,29,33). The van der Waals surface area contributed by atoms with Gasteiger partial charge in [0.25, 0.3) is 5.91 Å².